The molecular formula is C24H29N3O5S. The molecule has 0 atom stereocenters. The van der Waals surface area contributed by atoms with Crippen molar-refractivity contribution in [3.63, 3.8) is 0 Å². The van der Waals surface area contributed by atoms with E-state index in [9.17, 15) is 18.0 Å². The molecule has 4 rings (SSSR count). The lowest BCUT2D eigenvalue weighted by atomic mass is 10.2. The first-order valence-corrected chi connectivity index (χ1v) is 12.8. The molecule has 2 fully saturated rings. The number of nitrogens with one attached hydrogen (secondary N) is 2. The summed E-state index contributed by atoms with van der Waals surface area (Å²) in [7, 11) is -3.53. The van der Waals surface area contributed by atoms with Gasteiger partial charge in [-0.2, -0.15) is 4.31 Å². The van der Waals surface area contributed by atoms with E-state index in [4.69, 9.17) is 4.74 Å². The topological polar surface area (TPSA) is 105 Å². The molecule has 1 aliphatic heterocycles. The highest BCUT2D eigenvalue weighted by molar-refractivity contribution is 7.89. The van der Waals surface area contributed by atoms with Crippen LogP contribution in [0, 0.1) is 5.92 Å². The maximum absolute atomic E-state index is 12.9. The predicted molar refractivity (Wildman–Crippen MR) is 126 cm³/mol. The van der Waals surface area contributed by atoms with E-state index in [1.807, 2.05) is 0 Å². The summed E-state index contributed by atoms with van der Waals surface area (Å²) in [6.45, 7) is 0.876. The van der Waals surface area contributed by atoms with Gasteiger partial charge in [-0.15, -0.1) is 0 Å². The second-order valence-corrected chi connectivity index (χ2v) is 10.4. The van der Waals surface area contributed by atoms with Crippen molar-refractivity contribution in [3.05, 3.63) is 48.5 Å². The zero-order valence-electron chi connectivity index (χ0n) is 18.5. The van der Waals surface area contributed by atoms with Crippen molar-refractivity contribution in [2.45, 2.75) is 43.4 Å². The second-order valence-electron chi connectivity index (χ2n) is 8.47. The number of carbonyl (C=O) groups is 2. The molecule has 0 radical (unpaired) electrons. The molecule has 0 spiro atoms. The Bertz CT molecular complexity index is 1090. The van der Waals surface area contributed by atoms with Crippen LogP contribution in [-0.4, -0.2) is 44.2 Å². The summed E-state index contributed by atoms with van der Waals surface area (Å²) in [5.74, 6) is 0.209. The molecule has 1 saturated heterocycles. The fourth-order valence-electron chi connectivity index (χ4n) is 3.74. The summed E-state index contributed by atoms with van der Waals surface area (Å²) in [6, 6.07) is 13.1. The van der Waals surface area contributed by atoms with Gasteiger partial charge in [0.05, 0.1) is 4.90 Å². The van der Waals surface area contributed by atoms with E-state index in [0.29, 0.717) is 30.2 Å². The molecule has 2 aliphatic rings. The summed E-state index contributed by atoms with van der Waals surface area (Å²) in [5, 5.41) is 5.55. The van der Waals surface area contributed by atoms with Gasteiger partial charge in [-0.25, -0.2) is 8.42 Å². The van der Waals surface area contributed by atoms with E-state index in [0.717, 1.165) is 38.5 Å². The van der Waals surface area contributed by atoms with Gasteiger partial charge in [0.1, 0.15) is 5.75 Å². The Hall–Kier alpha value is -2.91. The third-order valence-electron chi connectivity index (χ3n) is 5.76. The number of ether oxygens (including phenoxy) is 1. The molecule has 2 aromatic rings. The zero-order valence-corrected chi connectivity index (χ0v) is 19.3. The van der Waals surface area contributed by atoms with E-state index in [-0.39, 0.29) is 29.2 Å². The minimum Gasteiger partial charge on any atom is -0.484 e. The normalized spacial score (nSPS) is 17.1. The molecule has 176 valence electrons. The Balaban J connectivity index is 1.29. The second kappa shape index (κ2) is 10.4. The first kappa shape index (κ1) is 23.3. The van der Waals surface area contributed by atoms with Gasteiger partial charge in [0, 0.05) is 36.4 Å². The van der Waals surface area contributed by atoms with Crippen LogP contribution < -0.4 is 15.4 Å². The number of carbonyl (C=O) groups excluding carboxylic acids is 2. The first-order valence-electron chi connectivity index (χ1n) is 11.4. The van der Waals surface area contributed by atoms with Gasteiger partial charge >= 0.3 is 0 Å². The minimum atomic E-state index is -3.53. The van der Waals surface area contributed by atoms with E-state index in [2.05, 4.69) is 10.6 Å². The molecule has 1 saturated carbocycles. The lowest BCUT2D eigenvalue weighted by Crippen LogP contribution is -2.31. The van der Waals surface area contributed by atoms with Crippen molar-refractivity contribution in [1.29, 1.82) is 0 Å². The highest BCUT2D eigenvalue weighted by atomic mass is 32.2. The van der Waals surface area contributed by atoms with Gasteiger partial charge in [0.2, 0.25) is 15.9 Å². The Kier molecular flexibility index (Phi) is 7.29. The lowest BCUT2D eigenvalue weighted by Gasteiger charge is -2.20. The molecule has 8 nitrogen and oxygen atoms in total. The summed E-state index contributed by atoms with van der Waals surface area (Å²) < 4.78 is 32.8. The fraction of sp³-hybridized carbons (Fsp3) is 0.417. The van der Waals surface area contributed by atoms with Crippen molar-refractivity contribution in [3.8, 4) is 5.75 Å². The van der Waals surface area contributed by atoms with Crippen LogP contribution in [0.1, 0.15) is 38.5 Å². The first-order chi connectivity index (χ1) is 15.9. The smallest absolute Gasteiger partial charge is 0.262 e. The third kappa shape index (κ3) is 6.33. The monoisotopic (exact) mass is 471 g/mol. The SMILES string of the molecule is O=C(COc1cccc(NC(=O)C2CC2)c1)Nc1ccc(S(=O)(=O)N2CCCCCC2)cc1. The van der Waals surface area contributed by atoms with Crippen molar-refractivity contribution < 1.29 is 22.7 Å². The summed E-state index contributed by atoms with van der Waals surface area (Å²) in [6.07, 6.45) is 5.71. The van der Waals surface area contributed by atoms with E-state index in [1.54, 1.807) is 40.7 Å². The Morgan fingerprint density at radius 2 is 1.61 bits per heavy atom. The average Bonchev–Trinajstić information content (AvgIpc) is 3.66. The summed E-state index contributed by atoms with van der Waals surface area (Å²) >= 11 is 0. The number of amides is 2. The molecule has 33 heavy (non-hydrogen) atoms. The Morgan fingerprint density at radius 3 is 2.27 bits per heavy atom. The van der Waals surface area contributed by atoms with E-state index in [1.165, 1.54) is 12.1 Å². The van der Waals surface area contributed by atoms with Crippen LogP contribution in [0.5, 0.6) is 5.75 Å². The van der Waals surface area contributed by atoms with Gasteiger partial charge in [0.15, 0.2) is 6.61 Å². The van der Waals surface area contributed by atoms with Crippen LogP contribution in [0.25, 0.3) is 0 Å². The Morgan fingerprint density at radius 1 is 0.909 bits per heavy atom. The van der Waals surface area contributed by atoms with E-state index >= 15 is 0 Å². The molecular weight excluding hydrogens is 442 g/mol. The fourth-order valence-corrected chi connectivity index (χ4v) is 5.26. The average molecular weight is 472 g/mol. The standard InChI is InChI=1S/C24H29N3O5S/c28-23(17-32-21-7-5-6-20(16-21)26-24(29)18-8-9-18)25-19-10-12-22(13-11-19)33(30,31)27-14-3-1-2-4-15-27/h5-7,10-13,16,18H,1-4,8-9,14-15,17H2,(H,25,28)(H,26,29). The van der Waals surface area contributed by atoms with Crippen LogP contribution in [-0.2, 0) is 19.6 Å². The minimum absolute atomic E-state index is 0.00574. The van der Waals surface area contributed by atoms with Crippen LogP contribution in [0.3, 0.4) is 0 Å². The van der Waals surface area contributed by atoms with Crippen molar-refractivity contribution >= 4 is 33.2 Å². The van der Waals surface area contributed by atoms with Gasteiger partial charge in [-0.3, -0.25) is 9.59 Å². The van der Waals surface area contributed by atoms with Gasteiger partial charge in [-0.05, 0) is 62.1 Å². The Labute approximate surface area is 194 Å². The molecule has 0 unspecified atom stereocenters. The van der Waals surface area contributed by atoms with Gasteiger partial charge in [0.25, 0.3) is 5.91 Å². The van der Waals surface area contributed by atoms with Gasteiger partial charge in [-0.1, -0.05) is 18.9 Å². The highest BCUT2D eigenvalue weighted by Gasteiger charge is 2.29. The predicted octanol–water partition coefficient (Wildman–Crippen LogP) is 3.62. The maximum Gasteiger partial charge on any atom is 0.262 e. The zero-order chi connectivity index (χ0) is 23.3. The number of rotatable bonds is 8. The van der Waals surface area contributed by atoms with E-state index < -0.39 is 10.0 Å². The molecule has 9 heteroatoms. The molecule has 2 amide bonds. The number of hydrogen-bond donors (Lipinski definition) is 2. The number of nitrogens with zero attached hydrogens (tertiary/aromatic N) is 1. The number of sulfonamides is 1. The highest BCUT2D eigenvalue weighted by Crippen LogP contribution is 2.30. The molecule has 2 aromatic carbocycles. The van der Waals surface area contributed by atoms with Crippen LogP contribution in [0.4, 0.5) is 11.4 Å². The molecule has 0 bridgehead atoms. The van der Waals surface area contributed by atoms with Crippen molar-refractivity contribution in [2.24, 2.45) is 5.92 Å². The molecule has 1 aliphatic carbocycles. The van der Waals surface area contributed by atoms with Crippen LogP contribution in [0.2, 0.25) is 0 Å². The molecule has 1 heterocycles. The number of benzene rings is 2. The largest absolute Gasteiger partial charge is 0.484 e. The summed E-state index contributed by atoms with van der Waals surface area (Å²) in [5.41, 5.74) is 1.12. The van der Waals surface area contributed by atoms with Crippen molar-refractivity contribution in [2.75, 3.05) is 30.3 Å². The molecule has 0 aromatic heterocycles. The number of anilines is 2. The van der Waals surface area contributed by atoms with Crippen molar-refractivity contribution in [1.82, 2.24) is 4.31 Å². The molecule has 2 N–H and O–H groups in total. The quantitative estimate of drug-likeness (QED) is 0.612. The third-order valence-corrected chi connectivity index (χ3v) is 7.67. The maximum atomic E-state index is 12.9. The van der Waals surface area contributed by atoms with Crippen LogP contribution in [0.15, 0.2) is 53.4 Å². The number of hydrogen-bond acceptors (Lipinski definition) is 5. The van der Waals surface area contributed by atoms with Gasteiger partial charge < -0.3 is 15.4 Å². The lowest BCUT2D eigenvalue weighted by molar-refractivity contribution is -0.118. The van der Waals surface area contributed by atoms with Crippen LogP contribution >= 0.6 is 0 Å². The summed E-state index contributed by atoms with van der Waals surface area (Å²) in [4.78, 5) is 24.4.